The summed E-state index contributed by atoms with van der Waals surface area (Å²) in [6.45, 7) is 2.40. The first-order valence-corrected chi connectivity index (χ1v) is 6.83. The molecule has 0 saturated carbocycles. The Morgan fingerprint density at radius 2 is 1.81 bits per heavy atom. The number of rotatable bonds is 4. The van der Waals surface area contributed by atoms with Crippen LogP contribution in [0.3, 0.4) is 0 Å². The van der Waals surface area contributed by atoms with E-state index in [4.69, 9.17) is 15.2 Å². The molecule has 1 heterocycles. The third kappa shape index (κ3) is 2.74. The minimum absolute atomic E-state index is 0.398. The predicted octanol–water partition coefficient (Wildman–Crippen LogP) is 4.01. The van der Waals surface area contributed by atoms with E-state index >= 15 is 0 Å². The summed E-state index contributed by atoms with van der Waals surface area (Å²) in [5, 5.41) is 2.16. The highest BCUT2D eigenvalue weighted by Gasteiger charge is 2.07. The minimum Gasteiger partial charge on any atom is -0.476 e. The quantitative estimate of drug-likeness (QED) is 0.784. The topological polar surface area (TPSA) is 57.4 Å². The second-order valence-corrected chi connectivity index (χ2v) is 4.56. The second kappa shape index (κ2) is 5.71. The van der Waals surface area contributed by atoms with E-state index in [1.54, 1.807) is 12.1 Å². The van der Waals surface area contributed by atoms with Gasteiger partial charge in [0.25, 0.3) is 0 Å². The van der Waals surface area contributed by atoms with Crippen LogP contribution in [-0.2, 0) is 0 Å². The Balaban J connectivity index is 1.97. The maximum atomic E-state index is 5.89. The number of nitrogen functional groups attached to an aromatic ring is 1. The summed E-state index contributed by atoms with van der Waals surface area (Å²) in [6.07, 6.45) is 0. The number of ether oxygens (including phenoxy) is 2. The molecule has 0 aliphatic carbocycles. The van der Waals surface area contributed by atoms with Gasteiger partial charge in [-0.05, 0) is 24.4 Å². The molecule has 0 unspecified atom stereocenters. The first-order valence-electron chi connectivity index (χ1n) is 6.83. The second-order valence-electron chi connectivity index (χ2n) is 4.56. The lowest BCUT2D eigenvalue weighted by atomic mass is 10.1. The van der Waals surface area contributed by atoms with Crippen molar-refractivity contribution in [3.63, 3.8) is 0 Å². The molecule has 0 radical (unpaired) electrons. The van der Waals surface area contributed by atoms with Gasteiger partial charge in [-0.3, -0.25) is 0 Å². The van der Waals surface area contributed by atoms with E-state index in [9.17, 15) is 0 Å². The zero-order valence-electron chi connectivity index (χ0n) is 11.7. The van der Waals surface area contributed by atoms with Crippen LogP contribution in [0.4, 0.5) is 5.69 Å². The van der Waals surface area contributed by atoms with Crippen LogP contribution in [0.5, 0.6) is 17.5 Å². The molecule has 0 bridgehead atoms. The maximum Gasteiger partial charge on any atom is 0.240 e. The number of hydrogen-bond donors (Lipinski definition) is 1. The minimum atomic E-state index is 0.398. The van der Waals surface area contributed by atoms with Gasteiger partial charge in [0.15, 0.2) is 0 Å². The molecular formula is C17H16N2O2. The fraction of sp³-hybridized carbons (Fsp3) is 0.118. The molecule has 1 aromatic heterocycles. The fourth-order valence-corrected chi connectivity index (χ4v) is 2.14. The van der Waals surface area contributed by atoms with Gasteiger partial charge in [-0.25, -0.2) is 0 Å². The molecule has 0 fully saturated rings. The zero-order chi connectivity index (χ0) is 14.7. The summed E-state index contributed by atoms with van der Waals surface area (Å²) in [6, 6.07) is 17.4. The number of hydrogen-bond acceptors (Lipinski definition) is 4. The van der Waals surface area contributed by atoms with Gasteiger partial charge in [0.05, 0.1) is 12.3 Å². The highest BCUT2D eigenvalue weighted by molar-refractivity contribution is 5.88. The SMILES string of the molecule is CCOc1nc(Oc2cccc3ccccc23)ccc1N. The molecule has 3 rings (SSSR count). The van der Waals surface area contributed by atoms with Crippen LogP contribution in [-0.4, -0.2) is 11.6 Å². The number of aromatic nitrogens is 1. The molecule has 106 valence electrons. The van der Waals surface area contributed by atoms with Crippen LogP contribution in [0.25, 0.3) is 10.8 Å². The van der Waals surface area contributed by atoms with Gasteiger partial charge in [0, 0.05) is 11.5 Å². The average Bonchev–Trinajstić information content (AvgIpc) is 2.51. The summed E-state index contributed by atoms with van der Waals surface area (Å²) in [4.78, 5) is 4.29. The van der Waals surface area contributed by atoms with Crippen molar-refractivity contribution >= 4 is 16.5 Å². The molecule has 4 nitrogen and oxygen atoms in total. The van der Waals surface area contributed by atoms with Crippen molar-refractivity contribution in [2.75, 3.05) is 12.3 Å². The van der Waals surface area contributed by atoms with E-state index in [-0.39, 0.29) is 0 Å². The van der Waals surface area contributed by atoms with Crippen LogP contribution >= 0.6 is 0 Å². The summed E-state index contributed by atoms with van der Waals surface area (Å²) >= 11 is 0. The first-order chi connectivity index (χ1) is 10.3. The summed E-state index contributed by atoms with van der Waals surface area (Å²) < 4.78 is 11.3. The smallest absolute Gasteiger partial charge is 0.240 e. The maximum absolute atomic E-state index is 5.89. The van der Waals surface area contributed by atoms with Crippen molar-refractivity contribution in [3.8, 4) is 17.5 Å². The van der Waals surface area contributed by atoms with Gasteiger partial charge in [0.2, 0.25) is 11.8 Å². The molecular weight excluding hydrogens is 264 g/mol. The normalized spacial score (nSPS) is 10.5. The molecule has 2 N–H and O–H groups in total. The molecule has 0 aliphatic heterocycles. The van der Waals surface area contributed by atoms with E-state index in [1.165, 1.54) is 0 Å². The average molecular weight is 280 g/mol. The van der Waals surface area contributed by atoms with Gasteiger partial charge in [-0.15, -0.1) is 0 Å². The lowest BCUT2D eigenvalue weighted by Gasteiger charge is -2.10. The first kappa shape index (κ1) is 13.2. The van der Waals surface area contributed by atoms with E-state index in [0.717, 1.165) is 16.5 Å². The van der Waals surface area contributed by atoms with Crippen molar-refractivity contribution in [3.05, 3.63) is 54.6 Å². The van der Waals surface area contributed by atoms with Gasteiger partial charge >= 0.3 is 0 Å². The Hall–Kier alpha value is -2.75. The Morgan fingerprint density at radius 1 is 1.00 bits per heavy atom. The number of benzene rings is 2. The van der Waals surface area contributed by atoms with Crippen molar-refractivity contribution < 1.29 is 9.47 Å². The number of nitrogens with two attached hydrogens (primary N) is 1. The zero-order valence-corrected chi connectivity index (χ0v) is 11.7. The number of anilines is 1. The van der Waals surface area contributed by atoms with Crippen LogP contribution in [0.1, 0.15) is 6.92 Å². The Morgan fingerprint density at radius 3 is 2.67 bits per heavy atom. The van der Waals surface area contributed by atoms with Gasteiger partial charge in [-0.1, -0.05) is 36.4 Å². The van der Waals surface area contributed by atoms with Gasteiger partial charge in [0.1, 0.15) is 5.75 Å². The highest BCUT2D eigenvalue weighted by atomic mass is 16.5. The number of nitrogens with zero attached hydrogens (tertiary/aromatic N) is 1. The monoisotopic (exact) mass is 280 g/mol. The van der Waals surface area contributed by atoms with Crippen LogP contribution in [0, 0.1) is 0 Å². The Kier molecular flexibility index (Phi) is 3.60. The lowest BCUT2D eigenvalue weighted by molar-refractivity contribution is 0.323. The van der Waals surface area contributed by atoms with Crippen LogP contribution in [0.15, 0.2) is 54.6 Å². The van der Waals surface area contributed by atoms with Crippen molar-refractivity contribution in [2.45, 2.75) is 6.92 Å². The number of fused-ring (bicyclic) bond motifs is 1. The van der Waals surface area contributed by atoms with E-state index in [2.05, 4.69) is 4.98 Å². The van der Waals surface area contributed by atoms with E-state index in [0.29, 0.717) is 24.1 Å². The molecule has 3 aromatic rings. The Bertz CT molecular complexity index is 766. The lowest BCUT2D eigenvalue weighted by Crippen LogP contribution is -2.00. The van der Waals surface area contributed by atoms with E-state index in [1.807, 2.05) is 49.4 Å². The van der Waals surface area contributed by atoms with Gasteiger partial charge in [-0.2, -0.15) is 4.98 Å². The highest BCUT2D eigenvalue weighted by Crippen LogP contribution is 2.30. The molecule has 0 amide bonds. The molecule has 0 saturated heterocycles. The van der Waals surface area contributed by atoms with Crippen molar-refractivity contribution in [1.29, 1.82) is 0 Å². The molecule has 0 aliphatic rings. The van der Waals surface area contributed by atoms with Crippen molar-refractivity contribution in [2.24, 2.45) is 0 Å². The summed E-state index contributed by atoms with van der Waals surface area (Å²) in [7, 11) is 0. The van der Waals surface area contributed by atoms with Crippen LogP contribution < -0.4 is 15.2 Å². The standard InChI is InChI=1S/C17H16N2O2/c1-2-20-17-14(18)10-11-16(19-17)21-15-9-5-7-12-6-3-4-8-13(12)15/h3-11H,2,18H2,1H3. The molecule has 0 spiro atoms. The Labute approximate surface area is 123 Å². The predicted molar refractivity (Wildman–Crippen MR) is 83.8 cm³/mol. The molecule has 21 heavy (non-hydrogen) atoms. The fourth-order valence-electron chi connectivity index (χ4n) is 2.14. The van der Waals surface area contributed by atoms with Gasteiger partial charge < -0.3 is 15.2 Å². The molecule has 0 atom stereocenters. The third-order valence-electron chi connectivity index (χ3n) is 3.11. The summed E-state index contributed by atoms with van der Waals surface area (Å²) in [5.74, 6) is 1.62. The third-order valence-corrected chi connectivity index (χ3v) is 3.11. The summed E-state index contributed by atoms with van der Waals surface area (Å²) in [5.41, 5.74) is 6.32. The van der Waals surface area contributed by atoms with Crippen molar-refractivity contribution in [1.82, 2.24) is 4.98 Å². The van der Waals surface area contributed by atoms with Crippen LogP contribution in [0.2, 0.25) is 0 Å². The molecule has 4 heteroatoms. The molecule has 2 aromatic carbocycles. The largest absolute Gasteiger partial charge is 0.476 e. The number of pyridine rings is 1. The van der Waals surface area contributed by atoms with E-state index < -0.39 is 0 Å².